The molecule has 0 spiro atoms. The fraction of sp³-hybridized carbons (Fsp3) is 0.318. The van der Waals surface area contributed by atoms with Crippen LogP contribution in [0.15, 0.2) is 51.9 Å². The van der Waals surface area contributed by atoms with Crippen molar-refractivity contribution in [3.8, 4) is 22.6 Å². The summed E-state index contributed by atoms with van der Waals surface area (Å²) in [6.07, 6.45) is 5.17. The van der Waals surface area contributed by atoms with E-state index in [-0.39, 0.29) is 11.2 Å². The van der Waals surface area contributed by atoms with E-state index in [9.17, 15) is 9.90 Å². The van der Waals surface area contributed by atoms with Gasteiger partial charge in [0.25, 0.3) is 0 Å². The molecule has 27 heavy (non-hydrogen) atoms. The van der Waals surface area contributed by atoms with E-state index >= 15 is 0 Å². The zero-order valence-corrected chi connectivity index (χ0v) is 15.5. The molecular formula is C22H24NO4+. The molecule has 0 saturated carbocycles. The second kappa shape index (κ2) is 7.45. The smallest absolute Gasteiger partial charge is 0.200 e. The molecule has 1 aromatic heterocycles. The summed E-state index contributed by atoms with van der Waals surface area (Å²) in [6, 6.07) is 10.6. The topological polar surface area (TPSA) is 64.1 Å². The zero-order valence-electron chi connectivity index (χ0n) is 15.5. The molecule has 1 aliphatic rings. The Hall–Kier alpha value is -2.79. The normalized spacial score (nSPS) is 15.1. The van der Waals surface area contributed by atoms with Gasteiger partial charge in [-0.2, -0.15) is 0 Å². The minimum absolute atomic E-state index is 0.0867. The van der Waals surface area contributed by atoms with Crippen LogP contribution in [0.4, 0.5) is 0 Å². The third-order valence-electron chi connectivity index (χ3n) is 5.41. The summed E-state index contributed by atoms with van der Waals surface area (Å²) >= 11 is 0. The maximum Gasteiger partial charge on any atom is 0.200 e. The average Bonchev–Trinajstić information content (AvgIpc) is 2.71. The lowest BCUT2D eigenvalue weighted by Gasteiger charge is -2.24. The van der Waals surface area contributed by atoms with Crippen LogP contribution >= 0.6 is 0 Å². The Balaban J connectivity index is 1.76. The summed E-state index contributed by atoms with van der Waals surface area (Å²) in [4.78, 5) is 14.5. The van der Waals surface area contributed by atoms with E-state index in [1.54, 1.807) is 19.2 Å². The van der Waals surface area contributed by atoms with Gasteiger partial charge in [-0.05, 0) is 49.1 Å². The van der Waals surface area contributed by atoms with E-state index in [0.29, 0.717) is 23.1 Å². The number of hydrogen-bond acceptors (Lipinski definition) is 4. The third-order valence-corrected chi connectivity index (χ3v) is 5.41. The Morgan fingerprint density at radius 2 is 1.81 bits per heavy atom. The molecule has 140 valence electrons. The van der Waals surface area contributed by atoms with Crippen molar-refractivity contribution in [2.75, 3.05) is 20.2 Å². The van der Waals surface area contributed by atoms with Gasteiger partial charge in [-0.15, -0.1) is 0 Å². The highest BCUT2D eigenvalue weighted by molar-refractivity contribution is 5.85. The molecule has 0 atom stereocenters. The number of quaternary nitrogens is 1. The lowest BCUT2D eigenvalue weighted by atomic mass is 10.0. The Morgan fingerprint density at radius 3 is 2.52 bits per heavy atom. The number of aromatic hydroxyl groups is 1. The molecule has 5 nitrogen and oxygen atoms in total. The van der Waals surface area contributed by atoms with E-state index in [0.717, 1.165) is 30.0 Å². The molecule has 0 bridgehead atoms. The number of methoxy groups -OCH3 is 1. The van der Waals surface area contributed by atoms with Crippen molar-refractivity contribution in [1.29, 1.82) is 0 Å². The van der Waals surface area contributed by atoms with Crippen molar-refractivity contribution < 1.29 is 19.2 Å². The first kappa shape index (κ1) is 17.6. The number of phenolic OH excluding ortho intramolecular Hbond substituents is 1. The SMILES string of the molecule is COc1ccc(-c2coc3c(C[NH+]4CCCCC4)c(O)ccc3c2=O)cc1. The lowest BCUT2D eigenvalue weighted by Crippen LogP contribution is -3.11. The van der Waals surface area contributed by atoms with Crippen molar-refractivity contribution in [2.24, 2.45) is 0 Å². The lowest BCUT2D eigenvalue weighted by molar-refractivity contribution is -0.918. The van der Waals surface area contributed by atoms with Crippen LogP contribution in [0.2, 0.25) is 0 Å². The van der Waals surface area contributed by atoms with Gasteiger partial charge in [-0.3, -0.25) is 4.79 Å². The van der Waals surface area contributed by atoms with Gasteiger partial charge in [0, 0.05) is 0 Å². The van der Waals surface area contributed by atoms with Gasteiger partial charge >= 0.3 is 0 Å². The second-order valence-electron chi connectivity index (χ2n) is 7.13. The monoisotopic (exact) mass is 366 g/mol. The second-order valence-corrected chi connectivity index (χ2v) is 7.13. The van der Waals surface area contributed by atoms with E-state index in [1.165, 1.54) is 30.4 Å². The van der Waals surface area contributed by atoms with Crippen molar-refractivity contribution in [2.45, 2.75) is 25.8 Å². The minimum Gasteiger partial charge on any atom is -0.507 e. The number of fused-ring (bicyclic) bond motifs is 1. The minimum atomic E-state index is -0.0867. The van der Waals surface area contributed by atoms with Gasteiger partial charge in [0.1, 0.15) is 29.9 Å². The molecule has 0 aliphatic carbocycles. The zero-order chi connectivity index (χ0) is 18.8. The van der Waals surface area contributed by atoms with Gasteiger partial charge in [-0.25, -0.2) is 0 Å². The van der Waals surface area contributed by atoms with Crippen LogP contribution < -0.4 is 15.1 Å². The molecule has 1 saturated heterocycles. The summed E-state index contributed by atoms with van der Waals surface area (Å²) in [5, 5.41) is 10.9. The molecule has 0 radical (unpaired) electrons. The maximum absolute atomic E-state index is 13.1. The van der Waals surface area contributed by atoms with E-state index in [1.807, 2.05) is 24.3 Å². The summed E-state index contributed by atoms with van der Waals surface area (Å²) in [5.74, 6) is 0.932. The Morgan fingerprint density at radius 1 is 1.07 bits per heavy atom. The predicted molar refractivity (Wildman–Crippen MR) is 104 cm³/mol. The molecule has 0 amide bonds. The largest absolute Gasteiger partial charge is 0.507 e. The fourth-order valence-corrected chi connectivity index (χ4v) is 3.87. The molecule has 2 heterocycles. The van der Waals surface area contributed by atoms with Crippen LogP contribution in [0.25, 0.3) is 22.1 Å². The van der Waals surface area contributed by atoms with E-state index < -0.39 is 0 Å². The fourth-order valence-electron chi connectivity index (χ4n) is 3.87. The summed E-state index contributed by atoms with van der Waals surface area (Å²) in [7, 11) is 1.61. The first-order valence-electron chi connectivity index (χ1n) is 9.41. The number of likely N-dealkylation sites (tertiary alicyclic amines) is 1. The molecular weight excluding hydrogens is 342 g/mol. The van der Waals surface area contributed by atoms with Crippen LogP contribution in [-0.4, -0.2) is 25.3 Å². The van der Waals surface area contributed by atoms with Gasteiger partial charge in [0.2, 0.25) is 5.43 Å². The van der Waals surface area contributed by atoms with Gasteiger partial charge < -0.3 is 19.2 Å². The highest BCUT2D eigenvalue weighted by Crippen LogP contribution is 2.28. The molecule has 2 aromatic carbocycles. The highest BCUT2D eigenvalue weighted by atomic mass is 16.5. The summed E-state index contributed by atoms with van der Waals surface area (Å²) < 4.78 is 11.1. The standard InChI is InChI=1S/C22H23NO4/c1-26-16-7-5-15(6-8-16)19-14-27-22-17(21(19)25)9-10-20(24)18(22)13-23-11-3-2-4-12-23/h5-10,14,24H,2-4,11-13H2,1H3/p+1. The summed E-state index contributed by atoms with van der Waals surface area (Å²) in [6.45, 7) is 2.85. The molecule has 2 N–H and O–H groups in total. The van der Waals surface area contributed by atoms with Crippen LogP contribution in [0.3, 0.4) is 0 Å². The average molecular weight is 366 g/mol. The van der Waals surface area contributed by atoms with Crippen molar-refractivity contribution in [3.05, 3.63) is 58.4 Å². The Bertz CT molecular complexity index is 1000. The van der Waals surface area contributed by atoms with Crippen LogP contribution in [0.5, 0.6) is 11.5 Å². The molecule has 0 unspecified atom stereocenters. The number of hydrogen-bond donors (Lipinski definition) is 2. The first-order chi connectivity index (χ1) is 13.2. The van der Waals surface area contributed by atoms with Crippen LogP contribution in [0, 0.1) is 0 Å². The van der Waals surface area contributed by atoms with Crippen molar-refractivity contribution >= 4 is 11.0 Å². The first-order valence-corrected chi connectivity index (χ1v) is 9.41. The number of phenols is 1. The van der Waals surface area contributed by atoms with Gasteiger partial charge in [-0.1, -0.05) is 12.1 Å². The van der Waals surface area contributed by atoms with Crippen molar-refractivity contribution in [3.63, 3.8) is 0 Å². The predicted octanol–water partition coefficient (Wildman–Crippen LogP) is 2.74. The number of ether oxygens (including phenoxy) is 1. The quantitative estimate of drug-likeness (QED) is 0.745. The van der Waals surface area contributed by atoms with Crippen LogP contribution in [0.1, 0.15) is 24.8 Å². The summed E-state index contributed by atoms with van der Waals surface area (Å²) in [5.41, 5.74) is 2.42. The Kier molecular flexibility index (Phi) is 4.86. The number of piperidine rings is 1. The molecule has 3 aromatic rings. The van der Waals surface area contributed by atoms with E-state index in [2.05, 4.69) is 0 Å². The molecule has 1 aliphatic heterocycles. The third kappa shape index (κ3) is 3.43. The molecule has 1 fully saturated rings. The number of nitrogens with one attached hydrogen (secondary N) is 1. The van der Waals surface area contributed by atoms with E-state index in [4.69, 9.17) is 9.15 Å². The van der Waals surface area contributed by atoms with Crippen LogP contribution in [-0.2, 0) is 6.54 Å². The Labute approximate surface area is 157 Å². The van der Waals surface area contributed by atoms with Crippen molar-refractivity contribution in [1.82, 2.24) is 0 Å². The highest BCUT2D eigenvalue weighted by Gasteiger charge is 2.21. The van der Waals surface area contributed by atoms with Gasteiger partial charge in [0.05, 0.1) is 36.7 Å². The number of rotatable bonds is 4. The maximum atomic E-state index is 13.1. The molecule has 4 rings (SSSR count). The number of benzene rings is 2. The molecule has 5 heteroatoms. The van der Waals surface area contributed by atoms with Gasteiger partial charge in [0.15, 0.2) is 0 Å².